The van der Waals surface area contributed by atoms with Crippen LogP contribution in [-0.4, -0.2) is 43.6 Å². The van der Waals surface area contributed by atoms with E-state index in [1.54, 1.807) is 4.31 Å². The van der Waals surface area contributed by atoms with Crippen LogP contribution in [-0.2, 0) is 10.2 Å². The highest BCUT2D eigenvalue weighted by molar-refractivity contribution is 7.87. The molecule has 120 valence electrons. The molecular formula is C14H30N2O3S. The highest BCUT2D eigenvalue weighted by Gasteiger charge is 2.33. The minimum absolute atomic E-state index is 0.100. The van der Waals surface area contributed by atoms with Crippen LogP contribution in [0.1, 0.15) is 53.4 Å². The van der Waals surface area contributed by atoms with Gasteiger partial charge in [-0.1, -0.05) is 20.8 Å². The van der Waals surface area contributed by atoms with E-state index in [4.69, 9.17) is 5.11 Å². The lowest BCUT2D eigenvalue weighted by Crippen LogP contribution is -2.48. The van der Waals surface area contributed by atoms with E-state index in [0.29, 0.717) is 31.8 Å². The van der Waals surface area contributed by atoms with Crippen molar-refractivity contribution in [3.05, 3.63) is 0 Å². The maximum atomic E-state index is 12.3. The fraction of sp³-hybridized carbons (Fsp3) is 1.00. The van der Waals surface area contributed by atoms with Gasteiger partial charge in [-0.2, -0.15) is 17.4 Å². The molecule has 0 saturated carbocycles. The first-order valence-corrected chi connectivity index (χ1v) is 8.99. The summed E-state index contributed by atoms with van der Waals surface area (Å²) in [6.45, 7) is 9.80. The van der Waals surface area contributed by atoms with Gasteiger partial charge in [0, 0.05) is 25.7 Å². The van der Waals surface area contributed by atoms with Gasteiger partial charge in [0.2, 0.25) is 0 Å². The molecule has 1 unspecified atom stereocenters. The number of rotatable bonds is 6. The molecule has 0 bridgehead atoms. The van der Waals surface area contributed by atoms with Crippen LogP contribution in [0.5, 0.6) is 0 Å². The lowest BCUT2D eigenvalue weighted by molar-refractivity contribution is 0.153. The van der Waals surface area contributed by atoms with Crippen molar-refractivity contribution < 1.29 is 13.5 Å². The van der Waals surface area contributed by atoms with Gasteiger partial charge in [-0.05, 0) is 43.9 Å². The average molecular weight is 306 g/mol. The van der Waals surface area contributed by atoms with E-state index < -0.39 is 10.2 Å². The zero-order valence-corrected chi connectivity index (χ0v) is 14.0. The predicted octanol–water partition coefficient (Wildman–Crippen LogP) is 1.74. The third-order valence-electron chi connectivity index (χ3n) is 4.16. The molecule has 0 aliphatic carbocycles. The Morgan fingerprint density at radius 2 is 1.85 bits per heavy atom. The standard InChI is InChI=1S/C14H30N2O3S/c1-12(6-5-11-17)15-20(18,19)16-9-7-13(8-10-16)14(2,3)4/h12-13,15,17H,5-11H2,1-4H3. The Morgan fingerprint density at radius 1 is 1.30 bits per heavy atom. The smallest absolute Gasteiger partial charge is 0.279 e. The zero-order chi connectivity index (χ0) is 15.4. The normalized spacial score (nSPS) is 21.1. The van der Waals surface area contributed by atoms with Crippen LogP contribution in [0.25, 0.3) is 0 Å². The molecule has 0 spiro atoms. The number of nitrogens with zero attached hydrogens (tertiary/aromatic N) is 1. The average Bonchev–Trinajstić information content (AvgIpc) is 2.35. The van der Waals surface area contributed by atoms with Gasteiger partial charge in [0.1, 0.15) is 0 Å². The molecule has 5 nitrogen and oxygen atoms in total. The van der Waals surface area contributed by atoms with Crippen molar-refractivity contribution in [1.29, 1.82) is 0 Å². The molecule has 0 aromatic heterocycles. The topological polar surface area (TPSA) is 69.6 Å². The maximum Gasteiger partial charge on any atom is 0.279 e. The summed E-state index contributed by atoms with van der Waals surface area (Å²) in [7, 11) is -3.38. The molecule has 20 heavy (non-hydrogen) atoms. The molecule has 1 saturated heterocycles. The first-order chi connectivity index (χ1) is 9.16. The highest BCUT2D eigenvalue weighted by Crippen LogP contribution is 2.34. The van der Waals surface area contributed by atoms with Crippen molar-refractivity contribution in [1.82, 2.24) is 9.03 Å². The summed E-state index contributed by atoms with van der Waals surface area (Å²) in [5.74, 6) is 0.584. The molecule has 1 rings (SSSR count). The number of hydrogen-bond donors (Lipinski definition) is 2. The molecule has 6 heteroatoms. The summed E-state index contributed by atoms with van der Waals surface area (Å²) in [5, 5.41) is 8.78. The van der Waals surface area contributed by atoms with Crippen molar-refractivity contribution in [2.24, 2.45) is 11.3 Å². The third kappa shape index (κ3) is 5.31. The van der Waals surface area contributed by atoms with Gasteiger partial charge in [0.05, 0.1) is 0 Å². The molecular weight excluding hydrogens is 276 g/mol. The van der Waals surface area contributed by atoms with Crippen molar-refractivity contribution in [2.75, 3.05) is 19.7 Å². The van der Waals surface area contributed by atoms with Crippen molar-refractivity contribution >= 4 is 10.2 Å². The van der Waals surface area contributed by atoms with Crippen LogP contribution in [0.15, 0.2) is 0 Å². The summed E-state index contributed by atoms with van der Waals surface area (Å²) in [6.07, 6.45) is 3.13. The van der Waals surface area contributed by atoms with Crippen molar-refractivity contribution in [2.45, 2.75) is 59.4 Å². The van der Waals surface area contributed by atoms with Crippen LogP contribution in [0.4, 0.5) is 0 Å². The van der Waals surface area contributed by atoms with Gasteiger partial charge in [-0.15, -0.1) is 0 Å². The molecule has 1 fully saturated rings. The van der Waals surface area contributed by atoms with Gasteiger partial charge >= 0.3 is 0 Å². The Labute approximate surface area is 123 Å². The van der Waals surface area contributed by atoms with Crippen LogP contribution < -0.4 is 4.72 Å². The van der Waals surface area contributed by atoms with Crippen molar-refractivity contribution in [3.8, 4) is 0 Å². The summed E-state index contributed by atoms with van der Waals surface area (Å²) in [5.41, 5.74) is 0.248. The second-order valence-corrected chi connectivity index (χ2v) is 8.63. The van der Waals surface area contributed by atoms with E-state index in [2.05, 4.69) is 25.5 Å². The summed E-state index contributed by atoms with van der Waals surface area (Å²) < 4.78 is 28.8. The Balaban J connectivity index is 2.50. The molecule has 1 atom stereocenters. The van der Waals surface area contributed by atoms with Crippen LogP contribution in [0, 0.1) is 11.3 Å². The Morgan fingerprint density at radius 3 is 2.30 bits per heavy atom. The van der Waals surface area contributed by atoms with Gasteiger partial charge in [0.15, 0.2) is 0 Å². The molecule has 0 aromatic rings. The number of aliphatic hydroxyl groups excluding tert-OH is 1. The van der Waals surface area contributed by atoms with Gasteiger partial charge in [-0.25, -0.2) is 0 Å². The van der Waals surface area contributed by atoms with E-state index in [1.807, 2.05) is 6.92 Å². The summed E-state index contributed by atoms with van der Waals surface area (Å²) in [4.78, 5) is 0. The first kappa shape index (κ1) is 17.9. The Kier molecular flexibility index (Phi) is 6.44. The van der Waals surface area contributed by atoms with E-state index in [-0.39, 0.29) is 18.1 Å². The van der Waals surface area contributed by atoms with Crippen LogP contribution in [0.3, 0.4) is 0 Å². The van der Waals surface area contributed by atoms with Gasteiger partial charge in [-0.3, -0.25) is 0 Å². The zero-order valence-electron chi connectivity index (χ0n) is 13.2. The second kappa shape index (κ2) is 7.20. The van der Waals surface area contributed by atoms with Crippen LogP contribution >= 0.6 is 0 Å². The highest BCUT2D eigenvalue weighted by atomic mass is 32.2. The maximum absolute atomic E-state index is 12.3. The first-order valence-electron chi connectivity index (χ1n) is 7.55. The summed E-state index contributed by atoms with van der Waals surface area (Å²) in [6, 6.07) is -0.132. The van der Waals surface area contributed by atoms with E-state index >= 15 is 0 Å². The SMILES string of the molecule is CC(CCCO)NS(=O)(=O)N1CCC(C(C)(C)C)CC1. The largest absolute Gasteiger partial charge is 0.396 e. The number of piperidine rings is 1. The fourth-order valence-electron chi connectivity index (χ4n) is 2.75. The van der Waals surface area contributed by atoms with Crippen LogP contribution in [0.2, 0.25) is 0 Å². The number of hydrogen-bond acceptors (Lipinski definition) is 3. The predicted molar refractivity (Wildman–Crippen MR) is 81.6 cm³/mol. The number of aliphatic hydroxyl groups is 1. The van der Waals surface area contributed by atoms with E-state index in [1.165, 1.54) is 0 Å². The van der Waals surface area contributed by atoms with E-state index in [0.717, 1.165) is 12.8 Å². The monoisotopic (exact) mass is 306 g/mol. The molecule has 1 heterocycles. The molecule has 0 aromatic carbocycles. The summed E-state index contributed by atoms with van der Waals surface area (Å²) >= 11 is 0. The Bertz CT molecular complexity index is 382. The lowest BCUT2D eigenvalue weighted by Gasteiger charge is -2.38. The molecule has 1 aliphatic rings. The van der Waals surface area contributed by atoms with Gasteiger partial charge in [0.25, 0.3) is 10.2 Å². The minimum atomic E-state index is -3.38. The number of nitrogens with one attached hydrogen (secondary N) is 1. The molecule has 1 aliphatic heterocycles. The fourth-order valence-corrected chi connectivity index (χ4v) is 4.21. The van der Waals surface area contributed by atoms with E-state index in [9.17, 15) is 8.42 Å². The Hall–Kier alpha value is -0.170. The van der Waals surface area contributed by atoms with Gasteiger partial charge < -0.3 is 5.11 Å². The molecule has 2 N–H and O–H groups in total. The lowest BCUT2D eigenvalue weighted by atomic mass is 9.76. The van der Waals surface area contributed by atoms with Crippen molar-refractivity contribution in [3.63, 3.8) is 0 Å². The quantitative estimate of drug-likeness (QED) is 0.785. The molecule has 0 radical (unpaired) electrons. The molecule has 0 amide bonds. The third-order valence-corrected chi connectivity index (χ3v) is 5.91. The second-order valence-electron chi connectivity index (χ2n) is 6.93. The minimum Gasteiger partial charge on any atom is -0.396 e.